The predicted octanol–water partition coefficient (Wildman–Crippen LogP) is 1.34. The highest BCUT2D eigenvalue weighted by Gasteiger charge is 2.29. The minimum Gasteiger partial charge on any atom is -0.477 e. The largest absolute Gasteiger partial charge is 0.477 e. The Labute approximate surface area is 93.9 Å². The first-order valence-corrected chi connectivity index (χ1v) is 6.43. The molecular formula is C8H16NO6P. The maximum absolute atomic E-state index is 12.0. The van der Waals surface area contributed by atoms with E-state index in [0.29, 0.717) is 0 Å². The van der Waals surface area contributed by atoms with Crippen LogP contribution >= 0.6 is 7.60 Å². The molecule has 0 aliphatic rings. The Bertz CT molecular complexity index is 293. The third kappa shape index (κ3) is 5.25. The van der Waals surface area contributed by atoms with Crippen LogP contribution in [0.3, 0.4) is 0 Å². The Balaban J connectivity index is 4.77. The second kappa shape index (κ2) is 7.38. The lowest BCUT2D eigenvalue weighted by Crippen LogP contribution is -2.19. The molecule has 1 N–H and O–H groups in total. The summed E-state index contributed by atoms with van der Waals surface area (Å²) in [6, 6.07) is 0. The number of rotatable bonds is 8. The van der Waals surface area contributed by atoms with Gasteiger partial charge in [0.25, 0.3) is 0 Å². The SMILES string of the molecule is CCOP(=O)(C/C(=N/OC)C(=O)O)OCC. The van der Waals surface area contributed by atoms with E-state index in [1.54, 1.807) is 13.8 Å². The van der Waals surface area contributed by atoms with Gasteiger partial charge in [-0.2, -0.15) is 0 Å². The molecule has 0 spiro atoms. The Morgan fingerprint density at radius 1 is 1.31 bits per heavy atom. The fourth-order valence-electron chi connectivity index (χ4n) is 0.951. The molecule has 0 saturated carbocycles. The molecule has 94 valence electrons. The molecule has 8 heteroatoms. The van der Waals surface area contributed by atoms with Gasteiger partial charge in [-0.25, -0.2) is 4.79 Å². The first-order valence-electron chi connectivity index (χ1n) is 4.70. The number of aliphatic carboxylic acids is 1. The smallest absolute Gasteiger partial charge is 0.354 e. The van der Waals surface area contributed by atoms with Gasteiger partial charge in [0, 0.05) is 0 Å². The predicted molar refractivity (Wildman–Crippen MR) is 57.8 cm³/mol. The number of nitrogens with zero attached hydrogens (tertiary/aromatic N) is 1. The van der Waals surface area contributed by atoms with Crippen LogP contribution in [0.25, 0.3) is 0 Å². The van der Waals surface area contributed by atoms with E-state index in [2.05, 4.69) is 9.99 Å². The average molecular weight is 253 g/mol. The van der Waals surface area contributed by atoms with Crippen molar-refractivity contribution in [3.05, 3.63) is 0 Å². The van der Waals surface area contributed by atoms with Crippen LogP contribution in [0.2, 0.25) is 0 Å². The van der Waals surface area contributed by atoms with E-state index < -0.39 is 25.4 Å². The summed E-state index contributed by atoms with van der Waals surface area (Å²) in [7, 11) is -2.25. The normalized spacial score (nSPS) is 12.6. The number of carboxylic acids is 1. The molecule has 0 aliphatic carbocycles. The lowest BCUT2D eigenvalue weighted by atomic mass is 10.4. The van der Waals surface area contributed by atoms with Gasteiger partial charge in [0.1, 0.15) is 13.3 Å². The van der Waals surface area contributed by atoms with Crippen molar-refractivity contribution in [3.63, 3.8) is 0 Å². The molecule has 0 aromatic carbocycles. The van der Waals surface area contributed by atoms with E-state index in [1.807, 2.05) is 0 Å². The Morgan fingerprint density at radius 3 is 2.12 bits per heavy atom. The van der Waals surface area contributed by atoms with E-state index >= 15 is 0 Å². The van der Waals surface area contributed by atoms with Crippen LogP contribution in [0.4, 0.5) is 0 Å². The minimum atomic E-state index is -3.45. The van der Waals surface area contributed by atoms with E-state index in [9.17, 15) is 9.36 Å². The molecule has 0 bridgehead atoms. The topological polar surface area (TPSA) is 94.4 Å². The number of carbonyl (C=O) groups is 1. The molecule has 0 radical (unpaired) electrons. The van der Waals surface area contributed by atoms with Gasteiger partial charge < -0.3 is 19.0 Å². The first kappa shape index (κ1) is 15.1. The third-order valence-corrected chi connectivity index (χ3v) is 3.43. The molecule has 0 aliphatic heterocycles. The highest BCUT2D eigenvalue weighted by molar-refractivity contribution is 7.55. The van der Waals surface area contributed by atoms with Gasteiger partial charge in [0.15, 0.2) is 5.71 Å². The molecule has 16 heavy (non-hydrogen) atoms. The van der Waals surface area contributed by atoms with Crippen molar-refractivity contribution in [3.8, 4) is 0 Å². The van der Waals surface area contributed by atoms with Gasteiger partial charge in [-0.1, -0.05) is 5.16 Å². The van der Waals surface area contributed by atoms with Crippen molar-refractivity contribution in [2.75, 3.05) is 26.5 Å². The van der Waals surface area contributed by atoms with Crippen molar-refractivity contribution in [1.82, 2.24) is 0 Å². The average Bonchev–Trinajstić information content (AvgIpc) is 2.17. The molecule has 0 saturated heterocycles. The van der Waals surface area contributed by atoms with Crippen LogP contribution in [0, 0.1) is 0 Å². The number of carboxylic acid groups (broad SMARTS) is 1. The molecule has 0 heterocycles. The molecule has 0 rings (SSSR count). The summed E-state index contributed by atoms with van der Waals surface area (Å²) in [5.74, 6) is -1.32. The molecule has 7 nitrogen and oxygen atoms in total. The van der Waals surface area contributed by atoms with Crippen molar-refractivity contribution >= 4 is 19.3 Å². The molecule has 0 aromatic heterocycles. The summed E-state index contributed by atoms with van der Waals surface area (Å²) in [5, 5.41) is 12.0. The van der Waals surface area contributed by atoms with Crippen LogP contribution in [0.1, 0.15) is 13.8 Å². The maximum atomic E-state index is 12.0. The third-order valence-electron chi connectivity index (χ3n) is 1.44. The quantitative estimate of drug-likeness (QED) is 0.398. The summed E-state index contributed by atoms with van der Waals surface area (Å²) in [6.07, 6.45) is -0.419. The number of hydrogen-bond donors (Lipinski definition) is 1. The summed E-state index contributed by atoms with van der Waals surface area (Å²) in [6.45, 7) is 3.60. The van der Waals surface area contributed by atoms with Gasteiger partial charge in [-0.3, -0.25) is 4.57 Å². The first-order chi connectivity index (χ1) is 7.49. The summed E-state index contributed by atoms with van der Waals surface area (Å²) >= 11 is 0. The van der Waals surface area contributed by atoms with E-state index in [4.69, 9.17) is 14.2 Å². The van der Waals surface area contributed by atoms with Crippen molar-refractivity contribution in [2.45, 2.75) is 13.8 Å². The molecule has 0 amide bonds. The second-order valence-corrected chi connectivity index (χ2v) is 4.68. The van der Waals surface area contributed by atoms with E-state index in [-0.39, 0.29) is 13.2 Å². The zero-order chi connectivity index (χ0) is 12.6. The van der Waals surface area contributed by atoms with Gasteiger partial charge in [0.2, 0.25) is 0 Å². The van der Waals surface area contributed by atoms with Crippen molar-refractivity contribution in [1.29, 1.82) is 0 Å². The van der Waals surface area contributed by atoms with Gasteiger partial charge in [0.05, 0.1) is 13.2 Å². The Kier molecular flexibility index (Phi) is 6.96. The number of hydrogen-bond acceptors (Lipinski definition) is 6. The zero-order valence-corrected chi connectivity index (χ0v) is 10.4. The molecule has 0 aromatic rings. The van der Waals surface area contributed by atoms with Crippen LogP contribution in [0.15, 0.2) is 5.16 Å². The van der Waals surface area contributed by atoms with Crippen molar-refractivity contribution in [2.24, 2.45) is 5.16 Å². The Morgan fingerprint density at radius 2 is 1.81 bits per heavy atom. The summed E-state index contributed by atoms with van der Waals surface area (Å²) < 4.78 is 21.8. The van der Waals surface area contributed by atoms with Gasteiger partial charge in [-0.15, -0.1) is 0 Å². The van der Waals surface area contributed by atoms with Crippen molar-refractivity contribution < 1.29 is 28.4 Å². The fraction of sp³-hybridized carbons (Fsp3) is 0.750. The highest BCUT2D eigenvalue weighted by Crippen LogP contribution is 2.47. The summed E-state index contributed by atoms with van der Waals surface area (Å²) in [5.41, 5.74) is -0.396. The van der Waals surface area contributed by atoms with Crippen LogP contribution in [0.5, 0.6) is 0 Å². The van der Waals surface area contributed by atoms with E-state index in [0.717, 1.165) is 0 Å². The standard InChI is InChI=1S/C8H16NO6P/c1-4-14-16(12,15-5-2)6-7(8(10)11)9-13-3/h4-6H2,1-3H3,(H,10,11)/b9-7-. The van der Waals surface area contributed by atoms with Gasteiger partial charge >= 0.3 is 13.6 Å². The molecular weight excluding hydrogens is 237 g/mol. The van der Waals surface area contributed by atoms with Crippen LogP contribution in [-0.4, -0.2) is 43.3 Å². The summed E-state index contributed by atoms with van der Waals surface area (Å²) in [4.78, 5) is 15.1. The molecule has 0 unspecified atom stereocenters. The van der Waals surface area contributed by atoms with Gasteiger partial charge in [-0.05, 0) is 13.8 Å². The van der Waals surface area contributed by atoms with Crippen LogP contribution in [-0.2, 0) is 23.2 Å². The second-order valence-electron chi connectivity index (χ2n) is 2.63. The zero-order valence-electron chi connectivity index (χ0n) is 9.50. The molecule has 0 fully saturated rings. The maximum Gasteiger partial charge on any atom is 0.354 e. The number of oxime groups is 1. The Hall–Kier alpha value is -0.910. The van der Waals surface area contributed by atoms with E-state index in [1.165, 1.54) is 7.11 Å². The molecule has 0 atom stereocenters. The lowest BCUT2D eigenvalue weighted by molar-refractivity contribution is -0.129. The lowest BCUT2D eigenvalue weighted by Gasteiger charge is -2.16. The minimum absolute atomic E-state index is 0.164. The monoisotopic (exact) mass is 253 g/mol. The van der Waals surface area contributed by atoms with Crippen LogP contribution < -0.4 is 0 Å². The highest BCUT2D eigenvalue weighted by atomic mass is 31.2. The fourth-order valence-corrected chi connectivity index (χ4v) is 2.55.